The van der Waals surface area contributed by atoms with Crippen LogP contribution < -0.4 is 15.0 Å². The van der Waals surface area contributed by atoms with Crippen molar-refractivity contribution in [3.63, 3.8) is 0 Å². The molecule has 0 saturated carbocycles. The van der Waals surface area contributed by atoms with E-state index in [2.05, 4.69) is 56.6 Å². The summed E-state index contributed by atoms with van der Waals surface area (Å²) >= 11 is 0. The molecule has 1 aliphatic rings. The number of hydrogen-bond donors (Lipinski definition) is 1. The molecule has 10 heteroatoms. The lowest BCUT2D eigenvalue weighted by Gasteiger charge is -2.22. The van der Waals surface area contributed by atoms with Gasteiger partial charge in [-0.1, -0.05) is 29.8 Å². The Labute approximate surface area is 215 Å². The lowest BCUT2D eigenvalue weighted by molar-refractivity contribution is 0.0914. The van der Waals surface area contributed by atoms with E-state index in [9.17, 15) is 4.79 Å². The Hall–Kier alpha value is -3.76. The van der Waals surface area contributed by atoms with Crippen molar-refractivity contribution in [1.29, 1.82) is 0 Å². The number of nitrogens with zero attached hydrogens (tertiary/aromatic N) is 5. The Morgan fingerprint density at radius 1 is 1.08 bits per heavy atom. The van der Waals surface area contributed by atoms with E-state index in [1.54, 1.807) is 20.3 Å². The monoisotopic (exact) mass is 504 g/mol. The number of hydrogen-bond acceptors (Lipinski definition) is 8. The maximum Gasteiger partial charge on any atom is 0.252 e. The Balaban J connectivity index is 1.44. The van der Waals surface area contributed by atoms with Crippen LogP contribution in [-0.2, 0) is 30.9 Å². The number of ether oxygens (including phenoxy) is 3. The lowest BCUT2D eigenvalue weighted by Crippen LogP contribution is -2.29. The second-order valence-corrected chi connectivity index (χ2v) is 9.46. The summed E-state index contributed by atoms with van der Waals surface area (Å²) in [5, 5.41) is 13.3. The quantitative estimate of drug-likeness (QED) is 0.351. The molecule has 1 saturated heterocycles. The van der Waals surface area contributed by atoms with Crippen molar-refractivity contribution in [2.24, 2.45) is 0 Å². The summed E-state index contributed by atoms with van der Waals surface area (Å²) in [6, 6.07) is 14.0. The van der Waals surface area contributed by atoms with Crippen LogP contribution in [0.4, 0.5) is 0 Å². The number of rotatable bonds is 10. The predicted molar refractivity (Wildman–Crippen MR) is 139 cm³/mol. The van der Waals surface area contributed by atoms with E-state index < -0.39 is 0 Å². The molecule has 1 atom stereocenters. The topological polar surface area (TPSA) is 107 Å². The molecule has 0 bridgehead atoms. The van der Waals surface area contributed by atoms with E-state index >= 15 is 0 Å². The van der Waals surface area contributed by atoms with Gasteiger partial charge >= 0.3 is 0 Å². The standard InChI is InChI=1S/C27H32N6O4/c1-18-6-8-19(9-7-18)14-32(17-26-29-30-31-33(26)16-22-5-4-10-37-22)15-21-11-20-12-24(35-2)25(36-3)13-23(20)28-27(21)34/h6-9,11-13,22H,4-5,10,14-17H2,1-3H3,(H,28,34). The van der Waals surface area contributed by atoms with Crippen molar-refractivity contribution in [2.75, 3.05) is 20.8 Å². The van der Waals surface area contributed by atoms with E-state index in [0.29, 0.717) is 48.8 Å². The number of pyridine rings is 1. The number of aromatic amines is 1. The second kappa shape index (κ2) is 11.1. The molecule has 37 heavy (non-hydrogen) atoms. The molecule has 0 aliphatic carbocycles. The number of tetrazole rings is 1. The van der Waals surface area contributed by atoms with Crippen LogP contribution in [-0.4, -0.2) is 57.0 Å². The van der Waals surface area contributed by atoms with Crippen molar-refractivity contribution >= 4 is 10.9 Å². The average molecular weight is 505 g/mol. The Bertz CT molecular complexity index is 1410. The van der Waals surface area contributed by atoms with Crippen molar-refractivity contribution in [3.05, 3.63) is 75.3 Å². The van der Waals surface area contributed by atoms with Gasteiger partial charge in [-0.3, -0.25) is 9.69 Å². The molecule has 194 valence electrons. The molecule has 10 nitrogen and oxygen atoms in total. The zero-order chi connectivity index (χ0) is 25.8. The third-order valence-electron chi connectivity index (χ3n) is 6.72. The average Bonchev–Trinajstić information content (AvgIpc) is 3.57. The molecular formula is C27H32N6O4. The molecule has 4 aromatic rings. The minimum atomic E-state index is -0.146. The van der Waals surface area contributed by atoms with Crippen LogP contribution in [0.3, 0.4) is 0 Å². The Morgan fingerprint density at radius 3 is 2.59 bits per heavy atom. The number of nitrogens with one attached hydrogen (secondary N) is 1. The van der Waals surface area contributed by atoms with Gasteiger partial charge in [0.2, 0.25) is 0 Å². The highest BCUT2D eigenvalue weighted by Crippen LogP contribution is 2.31. The Kier molecular flexibility index (Phi) is 7.47. The molecule has 1 aliphatic heterocycles. The molecule has 2 aromatic carbocycles. The van der Waals surface area contributed by atoms with E-state index in [-0.39, 0.29) is 11.7 Å². The summed E-state index contributed by atoms with van der Waals surface area (Å²) in [5.41, 5.74) is 3.54. The number of methoxy groups -OCH3 is 2. The highest BCUT2D eigenvalue weighted by atomic mass is 16.5. The van der Waals surface area contributed by atoms with Gasteiger partial charge in [0.05, 0.1) is 38.9 Å². The number of aromatic nitrogens is 5. The molecule has 1 fully saturated rings. The highest BCUT2D eigenvalue weighted by Gasteiger charge is 2.21. The summed E-state index contributed by atoms with van der Waals surface area (Å²) in [5.74, 6) is 1.92. The summed E-state index contributed by atoms with van der Waals surface area (Å²) in [4.78, 5) is 18.3. The van der Waals surface area contributed by atoms with Gasteiger partial charge in [0.25, 0.3) is 5.56 Å². The minimum absolute atomic E-state index is 0.128. The molecule has 1 unspecified atom stereocenters. The zero-order valence-electron chi connectivity index (χ0n) is 21.4. The molecule has 5 rings (SSSR count). The SMILES string of the molecule is COc1cc2cc(CN(Cc3ccc(C)cc3)Cc3nnnn3CC3CCCO3)c(=O)[nH]c2cc1OC. The molecular weight excluding hydrogens is 472 g/mol. The number of H-pyrrole nitrogens is 1. The Morgan fingerprint density at radius 2 is 1.86 bits per heavy atom. The van der Waals surface area contributed by atoms with E-state index in [1.807, 2.05) is 16.8 Å². The molecule has 1 N–H and O–H groups in total. The number of benzene rings is 2. The van der Waals surface area contributed by atoms with Gasteiger partial charge in [-0.05, 0) is 47.9 Å². The van der Waals surface area contributed by atoms with Gasteiger partial charge in [0.1, 0.15) is 0 Å². The van der Waals surface area contributed by atoms with Gasteiger partial charge in [-0.25, -0.2) is 4.68 Å². The smallest absolute Gasteiger partial charge is 0.252 e. The fraction of sp³-hybridized carbons (Fsp3) is 0.407. The first-order valence-corrected chi connectivity index (χ1v) is 12.4. The van der Waals surface area contributed by atoms with Gasteiger partial charge in [-0.15, -0.1) is 5.10 Å². The fourth-order valence-corrected chi connectivity index (χ4v) is 4.72. The van der Waals surface area contributed by atoms with Gasteiger partial charge in [0, 0.05) is 36.7 Å². The van der Waals surface area contributed by atoms with Crippen LogP contribution in [0.1, 0.15) is 35.4 Å². The molecule has 0 spiro atoms. The van der Waals surface area contributed by atoms with Gasteiger partial charge in [-0.2, -0.15) is 0 Å². The van der Waals surface area contributed by atoms with E-state index in [4.69, 9.17) is 14.2 Å². The zero-order valence-corrected chi connectivity index (χ0v) is 21.4. The third-order valence-corrected chi connectivity index (χ3v) is 6.72. The normalized spacial score (nSPS) is 15.5. The predicted octanol–water partition coefficient (Wildman–Crippen LogP) is 3.22. The number of aryl methyl sites for hydroxylation is 1. The number of fused-ring (bicyclic) bond motifs is 1. The van der Waals surface area contributed by atoms with Crippen LogP contribution in [0.5, 0.6) is 11.5 Å². The summed E-state index contributed by atoms with van der Waals surface area (Å²) in [7, 11) is 3.17. The summed E-state index contributed by atoms with van der Waals surface area (Å²) in [6.45, 7) is 5.01. The lowest BCUT2D eigenvalue weighted by atomic mass is 10.1. The first-order valence-electron chi connectivity index (χ1n) is 12.4. The van der Waals surface area contributed by atoms with Crippen molar-refractivity contribution < 1.29 is 14.2 Å². The first-order chi connectivity index (χ1) is 18.0. The maximum absolute atomic E-state index is 13.1. The van der Waals surface area contributed by atoms with Crippen LogP contribution in [0.15, 0.2) is 47.3 Å². The molecule has 0 amide bonds. The van der Waals surface area contributed by atoms with Crippen LogP contribution in [0, 0.1) is 6.92 Å². The largest absolute Gasteiger partial charge is 0.493 e. The third kappa shape index (κ3) is 5.81. The maximum atomic E-state index is 13.1. The molecule has 0 radical (unpaired) electrons. The molecule has 2 aromatic heterocycles. The minimum Gasteiger partial charge on any atom is -0.493 e. The van der Waals surface area contributed by atoms with Crippen LogP contribution >= 0.6 is 0 Å². The second-order valence-electron chi connectivity index (χ2n) is 9.46. The van der Waals surface area contributed by atoms with Gasteiger partial charge in [0.15, 0.2) is 17.3 Å². The first kappa shape index (κ1) is 24.9. The van der Waals surface area contributed by atoms with Crippen LogP contribution in [0.25, 0.3) is 10.9 Å². The summed E-state index contributed by atoms with van der Waals surface area (Å²) < 4.78 is 18.5. The van der Waals surface area contributed by atoms with Gasteiger partial charge < -0.3 is 19.2 Å². The van der Waals surface area contributed by atoms with Crippen molar-refractivity contribution in [3.8, 4) is 11.5 Å². The molecule has 3 heterocycles. The van der Waals surface area contributed by atoms with Crippen molar-refractivity contribution in [1.82, 2.24) is 30.1 Å². The van der Waals surface area contributed by atoms with E-state index in [0.717, 1.165) is 36.2 Å². The van der Waals surface area contributed by atoms with Crippen molar-refractivity contribution in [2.45, 2.75) is 52.0 Å². The highest BCUT2D eigenvalue weighted by molar-refractivity contribution is 5.83. The van der Waals surface area contributed by atoms with E-state index in [1.165, 1.54) is 5.56 Å². The fourth-order valence-electron chi connectivity index (χ4n) is 4.72. The van der Waals surface area contributed by atoms with Crippen LogP contribution in [0.2, 0.25) is 0 Å². The summed E-state index contributed by atoms with van der Waals surface area (Å²) in [6.07, 6.45) is 2.19.